The number of imidazole rings is 1. The van der Waals surface area contributed by atoms with Gasteiger partial charge in [0.1, 0.15) is 23.6 Å². The van der Waals surface area contributed by atoms with Crippen LogP contribution in [-0.4, -0.2) is 71.2 Å². The first-order valence-corrected chi connectivity index (χ1v) is 12.7. The molecule has 1 fully saturated rings. The van der Waals surface area contributed by atoms with Crippen LogP contribution < -0.4 is 4.74 Å². The van der Waals surface area contributed by atoms with Crippen LogP contribution in [0.25, 0.3) is 56.1 Å². The second-order valence-corrected chi connectivity index (χ2v) is 9.35. The highest BCUT2D eigenvalue weighted by molar-refractivity contribution is 5.96. The second-order valence-electron chi connectivity index (χ2n) is 9.35. The highest BCUT2D eigenvalue weighted by atomic mass is 16.5. The molecule has 188 valence electrons. The second kappa shape index (κ2) is 9.64. The third-order valence-corrected chi connectivity index (χ3v) is 6.88. The summed E-state index contributed by atoms with van der Waals surface area (Å²) in [5.74, 6) is 1.36. The van der Waals surface area contributed by atoms with E-state index in [2.05, 4.69) is 40.0 Å². The van der Waals surface area contributed by atoms with Crippen LogP contribution in [0, 0.1) is 0 Å². The van der Waals surface area contributed by atoms with Gasteiger partial charge in [-0.1, -0.05) is 6.07 Å². The van der Waals surface area contributed by atoms with Crippen LogP contribution in [0.15, 0.2) is 67.4 Å². The first kappa shape index (κ1) is 22.5. The average molecular weight is 504 g/mol. The maximum absolute atomic E-state index is 6.00. The Morgan fingerprint density at radius 2 is 1.87 bits per heavy atom. The zero-order valence-electron chi connectivity index (χ0n) is 20.6. The predicted molar refractivity (Wildman–Crippen MR) is 144 cm³/mol. The largest absolute Gasteiger partial charge is 0.491 e. The number of hydrogen-bond acceptors (Lipinski definition) is 8. The van der Waals surface area contributed by atoms with Crippen LogP contribution in [0.1, 0.15) is 12.8 Å². The van der Waals surface area contributed by atoms with Crippen LogP contribution in [0.3, 0.4) is 0 Å². The third-order valence-electron chi connectivity index (χ3n) is 6.88. The number of H-pyrrole nitrogens is 2. The van der Waals surface area contributed by atoms with E-state index in [0.29, 0.717) is 23.8 Å². The number of pyridine rings is 4. The highest BCUT2D eigenvalue weighted by Crippen LogP contribution is 2.31. The van der Waals surface area contributed by atoms with Gasteiger partial charge < -0.3 is 9.72 Å². The molecule has 0 atom stereocenters. The van der Waals surface area contributed by atoms with E-state index in [1.165, 1.54) is 12.8 Å². The number of nitrogens with one attached hydrogen (secondary N) is 2. The first-order chi connectivity index (χ1) is 18.8. The maximum Gasteiger partial charge on any atom is 0.160 e. The molecule has 7 heterocycles. The fourth-order valence-electron chi connectivity index (χ4n) is 4.94. The standard InChI is InChI=1S/C28H25N9O/c1-2-7-30-22(5-1)20-6-8-31-27-25(20)33-28(34-27)26-21-14-23(32-17-24(21)35-36-26)18-13-19(16-29-15-18)38-12-11-37-9-3-4-10-37/h1-2,5-8,13-17H,3-4,9-12H2,(H,35,36)(H,31,33,34). The Kier molecular flexibility index (Phi) is 5.71. The van der Waals surface area contributed by atoms with Crippen molar-refractivity contribution in [1.29, 1.82) is 0 Å². The summed E-state index contributed by atoms with van der Waals surface area (Å²) in [6.45, 7) is 3.89. The first-order valence-electron chi connectivity index (χ1n) is 12.7. The van der Waals surface area contributed by atoms with Crippen molar-refractivity contribution in [3.8, 4) is 39.8 Å². The number of ether oxygens (including phenoxy) is 1. The number of fused-ring (bicyclic) bond motifs is 2. The van der Waals surface area contributed by atoms with Crippen LogP contribution in [0.4, 0.5) is 0 Å². The molecule has 0 amide bonds. The lowest BCUT2D eigenvalue weighted by molar-refractivity contribution is 0.237. The van der Waals surface area contributed by atoms with Gasteiger partial charge in [0.15, 0.2) is 11.5 Å². The molecule has 0 radical (unpaired) electrons. The molecule has 1 aliphatic heterocycles. The molecular formula is C28H25N9O. The molecule has 10 nitrogen and oxygen atoms in total. The minimum absolute atomic E-state index is 0.622. The zero-order valence-corrected chi connectivity index (χ0v) is 20.6. The maximum atomic E-state index is 6.00. The van der Waals surface area contributed by atoms with Gasteiger partial charge in [-0.3, -0.25) is 25.0 Å². The molecule has 0 spiro atoms. The van der Waals surface area contributed by atoms with Gasteiger partial charge >= 0.3 is 0 Å². The van der Waals surface area contributed by atoms with Crippen molar-refractivity contribution in [1.82, 2.24) is 45.0 Å². The summed E-state index contributed by atoms with van der Waals surface area (Å²) in [6, 6.07) is 11.7. The van der Waals surface area contributed by atoms with Gasteiger partial charge in [0.25, 0.3) is 0 Å². The van der Waals surface area contributed by atoms with Crippen molar-refractivity contribution >= 4 is 22.1 Å². The lowest BCUT2D eigenvalue weighted by Crippen LogP contribution is -2.25. The van der Waals surface area contributed by atoms with Crippen molar-refractivity contribution in [2.75, 3.05) is 26.2 Å². The molecular weight excluding hydrogens is 478 g/mol. The van der Waals surface area contributed by atoms with Gasteiger partial charge in [-0.05, 0) is 56.3 Å². The molecule has 6 aromatic heterocycles. The van der Waals surface area contributed by atoms with E-state index >= 15 is 0 Å². The summed E-state index contributed by atoms with van der Waals surface area (Å²) in [4.78, 5) is 28.6. The fraction of sp³-hybridized carbons (Fsp3) is 0.214. The Bertz CT molecular complexity index is 1720. The van der Waals surface area contributed by atoms with E-state index in [9.17, 15) is 0 Å². The zero-order chi connectivity index (χ0) is 25.3. The van der Waals surface area contributed by atoms with Gasteiger partial charge in [0.05, 0.1) is 29.3 Å². The summed E-state index contributed by atoms with van der Waals surface area (Å²) in [5.41, 5.74) is 6.33. The van der Waals surface area contributed by atoms with Gasteiger partial charge in [0, 0.05) is 41.6 Å². The third kappa shape index (κ3) is 4.24. The number of hydrogen-bond donors (Lipinski definition) is 2. The Hall–Kier alpha value is -4.70. The monoisotopic (exact) mass is 503 g/mol. The molecule has 0 saturated carbocycles. The van der Waals surface area contributed by atoms with Gasteiger partial charge in [-0.2, -0.15) is 5.10 Å². The SMILES string of the molecule is c1ccc(-c2ccnc3[nH]c(-c4n[nH]c5cnc(-c6cncc(OCCN7CCCC7)c6)cc45)nc23)nc1. The normalized spacial score (nSPS) is 14.0. The van der Waals surface area contributed by atoms with Gasteiger partial charge in [0.2, 0.25) is 0 Å². The van der Waals surface area contributed by atoms with E-state index < -0.39 is 0 Å². The van der Waals surface area contributed by atoms with Gasteiger partial charge in [-0.25, -0.2) is 9.97 Å². The minimum Gasteiger partial charge on any atom is -0.491 e. The van der Waals surface area contributed by atoms with E-state index in [-0.39, 0.29) is 0 Å². The van der Waals surface area contributed by atoms with E-state index in [0.717, 1.165) is 64.3 Å². The number of rotatable bonds is 7. The van der Waals surface area contributed by atoms with Crippen LogP contribution >= 0.6 is 0 Å². The van der Waals surface area contributed by atoms with Crippen molar-refractivity contribution in [2.24, 2.45) is 0 Å². The number of likely N-dealkylation sites (tertiary alicyclic amines) is 1. The number of aromatic nitrogens is 8. The summed E-state index contributed by atoms with van der Waals surface area (Å²) >= 11 is 0. The lowest BCUT2D eigenvalue weighted by Gasteiger charge is -2.15. The van der Waals surface area contributed by atoms with E-state index in [1.54, 1.807) is 31.0 Å². The van der Waals surface area contributed by atoms with Crippen LogP contribution in [0.2, 0.25) is 0 Å². The quantitative estimate of drug-likeness (QED) is 0.327. The van der Waals surface area contributed by atoms with Crippen molar-refractivity contribution < 1.29 is 4.74 Å². The number of nitrogens with zero attached hydrogens (tertiary/aromatic N) is 7. The molecule has 0 bridgehead atoms. The average Bonchev–Trinajstić information content (AvgIpc) is 3.73. The Morgan fingerprint density at radius 3 is 2.76 bits per heavy atom. The van der Waals surface area contributed by atoms with Gasteiger partial charge in [-0.15, -0.1) is 0 Å². The summed E-state index contributed by atoms with van der Waals surface area (Å²) in [6.07, 6.45) is 11.4. The molecule has 0 unspecified atom stereocenters. The van der Waals surface area contributed by atoms with Crippen molar-refractivity contribution in [3.05, 3.63) is 67.4 Å². The molecule has 6 aromatic rings. The molecule has 1 saturated heterocycles. The van der Waals surface area contributed by atoms with E-state index in [1.807, 2.05) is 36.4 Å². The summed E-state index contributed by atoms with van der Waals surface area (Å²) in [7, 11) is 0. The Morgan fingerprint density at radius 1 is 0.921 bits per heavy atom. The predicted octanol–water partition coefficient (Wildman–Crippen LogP) is 4.49. The molecule has 7 rings (SSSR count). The smallest absolute Gasteiger partial charge is 0.160 e. The van der Waals surface area contributed by atoms with Crippen molar-refractivity contribution in [3.63, 3.8) is 0 Å². The Balaban J connectivity index is 1.20. The molecule has 38 heavy (non-hydrogen) atoms. The topological polar surface area (TPSA) is 121 Å². The molecule has 2 N–H and O–H groups in total. The van der Waals surface area contributed by atoms with Crippen LogP contribution in [0.5, 0.6) is 5.75 Å². The number of aromatic amines is 2. The summed E-state index contributed by atoms with van der Waals surface area (Å²) < 4.78 is 6.00. The van der Waals surface area contributed by atoms with Crippen LogP contribution in [-0.2, 0) is 0 Å². The molecule has 1 aliphatic rings. The fourth-order valence-corrected chi connectivity index (χ4v) is 4.94. The highest BCUT2D eigenvalue weighted by Gasteiger charge is 2.17. The molecule has 10 heteroatoms. The summed E-state index contributed by atoms with van der Waals surface area (Å²) in [5, 5.41) is 8.52. The van der Waals surface area contributed by atoms with Crippen molar-refractivity contribution in [2.45, 2.75) is 12.8 Å². The molecule has 0 aliphatic carbocycles. The minimum atomic E-state index is 0.622. The lowest BCUT2D eigenvalue weighted by atomic mass is 10.1. The molecule has 0 aromatic carbocycles. The van der Waals surface area contributed by atoms with E-state index in [4.69, 9.17) is 9.72 Å². The Labute approximate surface area is 218 Å².